The van der Waals surface area contributed by atoms with E-state index >= 15 is 0 Å². The van der Waals surface area contributed by atoms with Crippen molar-refractivity contribution < 1.29 is 9.53 Å². The first-order valence-electron chi connectivity index (χ1n) is 7.85. The highest BCUT2D eigenvalue weighted by Crippen LogP contribution is 2.31. The Labute approximate surface area is 127 Å². The van der Waals surface area contributed by atoms with E-state index in [9.17, 15) is 4.79 Å². The second-order valence-electron chi connectivity index (χ2n) is 5.76. The summed E-state index contributed by atoms with van der Waals surface area (Å²) in [5, 5.41) is 0. The van der Waals surface area contributed by atoms with Gasteiger partial charge in [-0.2, -0.15) is 0 Å². The lowest BCUT2D eigenvalue weighted by atomic mass is 10.1. The van der Waals surface area contributed by atoms with Gasteiger partial charge in [0.1, 0.15) is 5.75 Å². The van der Waals surface area contributed by atoms with Crippen molar-refractivity contribution in [1.82, 2.24) is 4.90 Å². The minimum Gasteiger partial charge on any atom is -0.496 e. The quantitative estimate of drug-likeness (QED) is 0.801. The number of unbranched alkanes of at least 4 members (excludes halogenated alkanes) is 1. The Morgan fingerprint density at radius 1 is 1.43 bits per heavy atom. The van der Waals surface area contributed by atoms with Gasteiger partial charge in [-0.3, -0.25) is 4.79 Å². The van der Waals surface area contributed by atoms with Gasteiger partial charge >= 0.3 is 0 Å². The summed E-state index contributed by atoms with van der Waals surface area (Å²) in [5.74, 6) is 0.912. The van der Waals surface area contributed by atoms with Crippen molar-refractivity contribution in [3.63, 3.8) is 0 Å². The Balaban J connectivity index is 2.07. The number of hydrogen-bond donors (Lipinski definition) is 1. The molecule has 0 heterocycles. The van der Waals surface area contributed by atoms with Gasteiger partial charge in [0.25, 0.3) is 0 Å². The molecule has 116 valence electrons. The second kappa shape index (κ2) is 7.46. The number of nitrogens with two attached hydrogens (primary N) is 1. The van der Waals surface area contributed by atoms with E-state index in [1.807, 2.05) is 29.2 Å². The highest BCUT2D eigenvalue weighted by atomic mass is 16.5. The molecule has 0 bridgehead atoms. The molecule has 1 aliphatic rings. The van der Waals surface area contributed by atoms with Gasteiger partial charge in [-0.1, -0.05) is 38.0 Å². The summed E-state index contributed by atoms with van der Waals surface area (Å²) in [6.07, 6.45) is 5.00. The van der Waals surface area contributed by atoms with Gasteiger partial charge in [-0.15, -0.1) is 0 Å². The van der Waals surface area contributed by atoms with E-state index in [2.05, 4.69) is 6.92 Å². The molecular weight excluding hydrogens is 264 g/mol. The maximum atomic E-state index is 12.6. The Kier molecular flexibility index (Phi) is 5.62. The zero-order chi connectivity index (χ0) is 15.2. The molecule has 1 aromatic carbocycles. The Morgan fingerprint density at radius 3 is 2.76 bits per heavy atom. The van der Waals surface area contributed by atoms with Crippen LogP contribution >= 0.6 is 0 Å². The summed E-state index contributed by atoms with van der Waals surface area (Å²) in [6, 6.07) is 7.85. The van der Waals surface area contributed by atoms with Crippen molar-refractivity contribution in [2.75, 3.05) is 7.11 Å². The van der Waals surface area contributed by atoms with E-state index in [4.69, 9.17) is 10.5 Å². The van der Waals surface area contributed by atoms with Crippen molar-refractivity contribution in [2.24, 2.45) is 5.73 Å². The van der Waals surface area contributed by atoms with E-state index < -0.39 is 0 Å². The molecule has 1 aromatic rings. The monoisotopic (exact) mass is 290 g/mol. The van der Waals surface area contributed by atoms with Gasteiger partial charge in [0.05, 0.1) is 13.2 Å². The maximum Gasteiger partial charge on any atom is 0.240 e. The number of hydrogen-bond acceptors (Lipinski definition) is 3. The normalized spacial score (nSPS) is 15.6. The lowest BCUT2D eigenvalue weighted by molar-refractivity contribution is -0.134. The SMILES string of the molecule is CCCCC(N)C(=O)N(Cc1ccccc1OC)C1CC1. The fraction of sp³-hybridized carbons (Fsp3) is 0.588. The van der Waals surface area contributed by atoms with Gasteiger partial charge in [0.2, 0.25) is 5.91 Å². The first kappa shape index (κ1) is 15.8. The molecule has 4 nitrogen and oxygen atoms in total. The molecule has 4 heteroatoms. The van der Waals surface area contributed by atoms with Gasteiger partial charge in [0, 0.05) is 18.2 Å². The summed E-state index contributed by atoms with van der Waals surface area (Å²) in [4.78, 5) is 14.5. The van der Waals surface area contributed by atoms with Gasteiger partial charge in [-0.05, 0) is 25.3 Å². The molecule has 0 aromatic heterocycles. The number of amides is 1. The van der Waals surface area contributed by atoms with Crippen molar-refractivity contribution >= 4 is 5.91 Å². The van der Waals surface area contributed by atoms with Crippen molar-refractivity contribution in [2.45, 2.75) is 57.7 Å². The third-order valence-electron chi connectivity index (χ3n) is 3.99. The highest BCUT2D eigenvalue weighted by Gasteiger charge is 2.34. The first-order valence-corrected chi connectivity index (χ1v) is 7.85. The Hall–Kier alpha value is -1.55. The lowest BCUT2D eigenvalue weighted by Crippen LogP contribution is -2.44. The van der Waals surface area contributed by atoms with Crippen molar-refractivity contribution in [3.8, 4) is 5.75 Å². The molecule has 1 amide bonds. The van der Waals surface area contributed by atoms with E-state index in [1.165, 1.54) is 0 Å². The number of benzene rings is 1. The minimum atomic E-state index is -0.375. The van der Waals surface area contributed by atoms with Crippen LogP contribution in [0.4, 0.5) is 0 Å². The summed E-state index contributed by atoms with van der Waals surface area (Å²) in [7, 11) is 1.66. The molecule has 2 N–H and O–H groups in total. The van der Waals surface area contributed by atoms with Crippen LogP contribution < -0.4 is 10.5 Å². The first-order chi connectivity index (χ1) is 10.2. The average Bonchev–Trinajstić information content (AvgIpc) is 3.34. The summed E-state index contributed by atoms with van der Waals surface area (Å²) in [5.41, 5.74) is 7.12. The van der Waals surface area contributed by atoms with Crippen molar-refractivity contribution in [1.29, 1.82) is 0 Å². The molecule has 1 unspecified atom stereocenters. The van der Waals surface area contributed by atoms with Crippen LogP contribution in [0.1, 0.15) is 44.6 Å². The topological polar surface area (TPSA) is 55.6 Å². The molecule has 0 radical (unpaired) electrons. The van der Waals surface area contributed by atoms with Crippen LogP contribution in [0, 0.1) is 0 Å². The third kappa shape index (κ3) is 4.21. The molecule has 1 aliphatic carbocycles. The number of nitrogens with zero attached hydrogens (tertiary/aromatic N) is 1. The van der Waals surface area contributed by atoms with Gasteiger partial charge in [-0.25, -0.2) is 0 Å². The predicted molar refractivity (Wildman–Crippen MR) is 84.1 cm³/mol. The third-order valence-corrected chi connectivity index (χ3v) is 3.99. The second-order valence-corrected chi connectivity index (χ2v) is 5.76. The van der Waals surface area contributed by atoms with Crippen molar-refractivity contribution in [3.05, 3.63) is 29.8 Å². The van der Waals surface area contributed by atoms with Crippen LogP contribution in [0.5, 0.6) is 5.75 Å². The molecule has 1 saturated carbocycles. The largest absolute Gasteiger partial charge is 0.496 e. The zero-order valence-corrected chi connectivity index (χ0v) is 13.0. The molecular formula is C17H26N2O2. The summed E-state index contributed by atoms with van der Waals surface area (Å²) >= 11 is 0. The summed E-state index contributed by atoms with van der Waals surface area (Å²) < 4.78 is 5.38. The fourth-order valence-electron chi connectivity index (χ4n) is 2.55. The minimum absolute atomic E-state index is 0.0804. The maximum absolute atomic E-state index is 12.6. The van der Waals surface area contributed by atoms with E-state index in [-0.39, 0.29) is 11.9 Å². The number of carbonyl (C=O) groups excluding carboxylic acids is 1. The summed E-state index contributed by atoms with van der Waals surface area (Å²) in [6.45, 7) is 2.71. The van der Waals surface area contributed by atoms with Gasteiger partial charge < -0.3 is 15.4 Å². The molecule has 0 spiro atoms. The predicted octanol–water partition coefficient (Wildman–Crippen LogP) is 2.70. The van der Waals surface area contributed by atoms with Crippen LogP contribution in [0.3, 0.4) is 0 Å². The van der Waals surface area contributed by atoms with Crippen LogP contribution in [-0.2, 0) is 11.3 Å². The molecule has 2 rings (SSSR count). The Bertz CT molecular complexity index is 472. The number of methoxy groups -OCH3 is 1. The molecule has 1 atom stereocenters. The number of ether oxygens (including phenoxy) is 1. The standard InChI is InChI=1S/C17H26N2O2/c1-3-4-8-15(18)17(20)19(14-10-11-14)12-13-7-5-6-9-16(13)21-2/h5-7,9,14-15H,3-4,8,10-12,18H2,1-2H3. The molecule has 21 heavy (non-hydrogen) atoms. The van der Waals surface area contributed by atoms with Gasteiger partial charge in [0.15, 0.2) is 0 Å². The van der Waals surface area contributed by atoms with E-state index in [1.54, 1.807) is 7.11 Å². The molecule has 0 saturated heterocycles. The average molecular weight is 290 g/mol. The van der Waals surface area contributed by atoms with E-state index in [0.29, 0.717) is 12.6 Å². The highest BCUT2D eigenvalue weighted by molar-refractivity contribution is 5.82. The van der Waals surface area contributed by atoms with Crippen LogP contribution in [0.2, 0.25) is 0 Å². The Morgan fingerprint density at radius 2 is 2.14 bits per heavy atom. The number of carbonyl (C=O) groups is 1. The smallest absolute Gasteiger partial charge is 0.240 e. The lowest BCUT2D eigenvalue weighted by Gasteiger charge is -2.26. The van der Waals surface area contributed by atoms with Crippen LogP contribution in [0.25, 0.3) is 0 Å². The van der Waals surface area contributed by atoms with Crippen LogP contribution in [-0.4, -0.2) is 30.0 Å². The molecule has 0 aliphatic heterocycles. The zero-order valence-electron chi connectivity index (χ0n) is 13.0. The fourth-order valence-corrected chi connectivity index (χ4v) is 2.55. The molecule has 1 fully saturated rings. The van der Waals surface area contributed by atoms with Crippen LogP contribution in [0.15, 0.2) is 24.3 Å². The number of rotatable bonds is 8. The van der Waals surface area contributed by atoms with E-state index in [0.717, 1.165) is 43.4 Å². The number of para-hydroxylation sites is 1.